The molecular formula is C16H30O4. The second kappa shape index (κ2) is 9.78. The van der Waals surface area contributed by atoms with E-state index in [0.717, 1.165) is 0 Å². The van der Waals surface area contributed by atoms with E-state index >= 15 is 0 Å². The van der Waals surface area contributed by atoms with E-state index in [2.05, 4.69) is 0 Å². The number of esters is 2. The van der Waals surface area contributed by atoms with Crippen molar-refractivity contribution in [2.75, 3.05) is 13.2 Å². The van der Waals surface area contributed by atoms with Crippen LogP contribution in [0.1, 0.15) is 54.4 Å². The van der Waals surface area contributed by atoms with Gasteiger partial charge in [-0.05, 0) is 38.5 Å². The second-order valence-electron chi connectivity index (χ2n) is 5.98. The fourth-order valence-electron chi connectivity index (χ4n) is 2.36. The molecule has 0 aromatic heterocycles. The SMILES string of the molecule is CCOC(=O)C(CC(C)C)C(CC(C)C)C(=O)OCC. The zero-order valence-electron chi connectivity index (χ0n) is 13.8. The largest absolute Gasteiger partial charge is 0.466 e. The van der Waals surface area contributed by atoms with Crippen molar-refractivity contribution in [3.8, 4) is 0 Å². The van der Waals surface area contributed by atoms with Gasteiger partial charge in [0.15, 0.2) is 0 Å². The third-order valence-corrected chi connectivity index (χ3v) is 3.12. The van der Waals surface area contributed by atoms with Crippen molar-refractivity contribution in [2.24, 2.45) is 23.7 Å². The highest BCUT2D eigenvalue weighted by Crippen LogP contribution is 2.29. The molecule has 0 spiro atoms. The van der Waals surface area contributed by atoms with E-state index < -0.39 is 11.8 Å². The monoisotopic (exact) mass is 286 g/mol. The van der Waals surface area contributed by atoms with Gasteiger partial charge in [0.05, 0.1) is 25.0 Å². The molecule has 0 bridgehead atoms. The summed E-state index contributed by atoms with van der Waals surface area (Å²) in [6.07, 6.45) is 1.30. The molecule has 0 aliphatic rings. The van der Waals surface area contributed by atoms with Gasteiger partial charge in [-0.1, -0.05) is 27.7 Å². The van der Waals surface area contributed by atoms with Crippen LogP contribution in [0.4, 0.5) is 0 Å². The summed E-state index contributed by atoms with van der Waals surface area (Å²) in [5.41, 5.74) is 0. The Morgan fingerprint density at radius 1 is 0.750 bits per heavy atom. The van der Waals surface area contributed by atoms with Crippen LogP contribution in [-0.4, -0.2) is 25.2 Å². The normalized spacial score (nSPS) is 14.2. The zero-order chi connectivity index (χ0) is 15.7. The van der Waals surface area contributed by atoms with Crippen LogP contribution in [-0.2, 0) is 19.1 Å². The minimum Gasteiger partial charge on any atom is -0.466 e. The molecule has 2 atom stereocenters. The van der Waals surface area contributed by atoms with E-state index in [0.29, 0.717) is 37.9 Å². The number of ether oxygens (including phenoxy) is 2. The Labute approximate surface area is 123 Å². The fraction of sp³-hybridized carbons (Fsp3) is 0.875. The van der Waals surface area contributed by atoms with Crippen LogP contribution in [0, 0.1) is 23.7 Å². The molecule has 2 unspecified atom stereocenters. The van der Waals surface area contributed by atoms with Crippen molar-refractivity contribution in [3.63, 3.8) is 0 Å². The smallest absolute Gasteiger partial charge is 0.309 e. The first-order chi connectivity index (χ1) is 9.33. The molecule has 0 fully saturated rings. The topological polar surface area (TPSA) is 52.6 Å². The number of hydrogen-bond donors (Lipinski definition) is 0. The van der Waals surface area contributed by atoms with Crippen LogP contribution in [0.3, 0.4) is 0 Å². The molecule has 118 valence electrons. The molecule has 0 saturated carbocycles. The highest BCUT2D eigenvalue weighted by Gasteiger charge is 2.36. The highest BCUT2D eigenvalue weighted by atomic mass is 16.5. The summed E-state index contributed by atoms with van der Waals surface area (Å²) in [5, 5.41) is 0. The summed E-state index contributed by atoms with van der Waals surface area (Å²) in [6.45, 7) is 12.4. The van der Waals surface area contributed by atoms with Crippen molar-refractivity contribution in [1.82, 2.24) is 0 Å². The van der Waals surface area contributed by atoms with E-state index in [-0.39, 0.29) is 11.9 Å². The van der Waals surface area contributed by atoms with Gasteiger partial charge in [-0.25, -0.2) is 0 Å². The number of carbonyl (C=O) groups excluding carboxylic acids is 2. The van der Waals surface area contributed by atoms with Crippen LogP contribution in [0.15, 0.2) is 0 Å². The summed E-state index contributed by atoms with van der Waals surface area (Å²) in [4.78, 5) is 24.4. The first-order valence-electron chi connectivity index (χ1n) is 7.66. The minimum atomic E-state index is -0.406. The second-order valence-corrected chi connectivity index (χ2v) is 5.98. The van der Waals surface area contributed by atoms with Crippen molar-refractivity contribution in [3.05, 3.63) is 0 Å². The van der Waals surface area contributed by atoms with Crippen LogP contribution < -0.4 is 0 Å². The lowest BCUT2D eigenvalue weighted by Crippen LogP contribution is -2.34. The molecular weight excluding hydrogens is 256 g/mol. The van der Waals surface area contributed by atoms with Gasteiger partial charge in [0, 0.05) is 0 Å². The number of hydrogen-bond acceptors (Lipinski definition) is 4. The Morgan fingerprint density at radius 2 is 1.05 bits per heavy atom. The van der Waals surface area contributed by atoms with Gasteiger partial charge in [-0.15, -0.1) is 0 Å². The van der Waals surface area contributed by atoms with E-state index in [9.17, 15) is 9.59 Å². The van der Waals surface area contributed by atoms with Gasteiger partial charge in [0.1, 0.15) is 0 Å². The van der Waals surface area contributed by atoms with Gasteiger partial charge in [0.25, 0.3) is 0 Å². The van der Waals surface area contributed by atoms with Gasteiger partial charge in [-0.2, -0.15) is 0 Å². The van der Waals surface area contributed by atoms with Crippen LogP contribution in [0.5, 0.6) is 0 Å². The van der Waals surface area contributed by atoms with Gasteiger partial charge >= 0.3 is 11.9 Å². The van der Waals surface area contributed by atoms with Crippen LogP contribution in [0.25, 0.3) is 0 Å². The van der Waals surface area contributed by atoms with Gasteiger partial charge < -0.3 is 9.47 Å². The first kappa shape index (κ1) is 18.9. The molecule has 0 heterocycles. The first-order valence-corrected chi connectivity index (χ1v) is 7.66. The molecule has 0 radical (unpaired) electrons. The average Bonchev–Trinajstić information content (AvgIpc) is 2.33. The summed E-state index contributed by atoms with van der Waals surface area (Å²) in [7, 11) is 0. The van der Waals surface area contributed by atoms with E-state index in [1.165, 1.54) is 0 Å². The molecule has 4 heteroatoms. The molecule has 4 nitrogen and oxygen atoms in total. The maximum atomic E-state index is 12.2. The summed E-state index contributed by atoms with van der Waals surface area (Å²) in [5.74, 6) is -0.713. The average molecular weight is 286 g/mol. The van der Waals surface area contributed by atoms with E-state index in [1.54, 1.807) is 13.8 Å². The molecule has 0 aromatic carbocycles. The predicted molar refractivity (Wildman–Crippen MR) is 79.2 cm³/mol. The lowest BCUT2D eigenvalue weighted by atomic mass is 9.80. The molecule has 0 aliphatic carbocycles. The van der Waals surface area contributed by atoms with E-state index in [4.69, 9.17) is 9.47 Å². The molecule has 0 N–H and O–H groups in total. The van der Waals surface area contributed by atoms with Crippen molar-refractivity contribution < 1.29 is 19.1 Å². The quantitative estimate of drug-likeness (QED) is 0.609. The molecule has 0 aromatic rings. The van der Waals surface area contributed by atoms with Gasteiger partial charge in [0.2, 0.25) is 0 Å². The third-order valence-electron chi connectivity index (χ3n) is 3.12. The van der Waals surface area contributed by atoms with Crippen LogP contribution in [0.2, 0.25) is 0 Å². The zero-order valence-corrected chi connectivity index (χ0v) is 13.8. The Morgan fingerprint density at radius 3 is 1.25 bits per heavy atom. The standard InChI is InChI=1S/C16H30O4/c1-7-19-15(17)13(9-11(3)4)14(10-12(5)6)16(18)20-8-2/h11-14H,7-10H2,1-6H3. The Kier molecular flexibility index (Phi) is 9.26. The number of carbonyl (C=O) groups is 2. The maximum Gasteiger partial charge on any atom is 0.309 e. The lowest BCUT2D eigenvalue weighted by molar-refractivity contribution is -0.161. The molecule has 0 aliphatic heterocycles. The van der Waals surface area contributed by atoms with Crippen LogP contribution >= 0.6 is 0 Å². The van der Waals surface area contributed by atoms with Crippen molar-refractivity contribution >= 4 is 11.9 Å². The predicted octanol–water partition coefficient (Wildman–Crippen LogP) is 3.44. The molecule has 0 rings (SSSR count). The van der Waals surface area contributed by atoms with E-state index in [1.807, 2.05) is 27.7 Å². The number of rotatable bonds is 9. The summed E-state index contributed by atoms with van der Waals surface area (Å²) < 4.78 is 10.3. The fourth-order valence-corrected chi connectivity index (χ4v) is 2.36. The third kappa shape index (κ3) is 6.92. The lowest BCUT2D eigenvalue weighted by Gasteiger charge is -2.26. The summed E-state index contributed by atoms with van der Waals surface area (Å²) >= 11 is 0. The highest BCUT2D eigenvalue weighted by molar-refractivity contribution is 5.82. The summed E-state index contributed by atoms with van der Waals surface area (Å²) in [6, 6.07) is 0. The molecule has 0 amide bonds. The van der Waals surface area contributed by atoms with Gasteiger partial charge in [-0.3, -0.25) is 9.59 Å². The molecule has 0 saturated heterocycles. The maximum absolute atomic E-state index is 12.2. The molecule has 20 heavy (non-hydrogen) atoms. The Hall–Kier alpha value is -1.06. The Balaban J connectivity index is 5.14. The van der Waals surface area contributed by atoms with Crippen molar-refractivity contribution in [2.45, 2.75) is 54.4 Å². The Bertz CT molecular complexity index is 267. The van der Waals surface area contributed by atoms with Crippen molar-refractivity contribution in [1.29, 1.82) is 0 Å². The minimum absolute atomic E-state index is 0.278.